The Morgan fingerprint density at radius 3 is 2.71 bits per heavy atom. The summed E-state index contributed by atoms with van der Waals surface area (Å²) in [4.78, 5) is 18.8. The molecule has 0 aliphatic rings. The minimum Gasteiger partial charge on any atom is -0.493 e. The lowest BCUT2D eigenvalue weighted by Crippen LogP contribution is -2.30. The maximum Gasteiger partial charge on any atom is 0.227 e. The predicted octanol–water partition coefficient (Wildman–Crippen LogP) is 3.80. The summed E-state index contributed by atoms with van der Waals surface area (Å²) in [6.45, 7) is 3.07. The Labute approximate surface area is 167 Å². The molecule has 0 bridgehead atoms. The van der Waals surface area contributed by atoms with Crippen LogP contribution in [0.2, 0.25) is 0 Å². The molecule has 8 heteroatoms. The van der Waals surface area contributed by atoms with Crippen molar-refractivity contribution in [2.75, 3.05) is 20.8 Å². The molecule has 0 aliphatic heterocycles. The number of ether oxygens (including phenoxy) is 2. The lowest BCUT2D eigenvalue weighted by molar-refractivity contribution is -0.131. The molecule has 0 saturated carbocycles. The van der Waals surface area contributed by atoms with Gasteiger partial charge in [0.1, 0.15) is 0 Å². The molecule has 3 rings (SSSR count). The van der Waals surface area contributed by atoms with Crippen LogP contribution in [-0.2, 0) is 17.8 Å². The SMILES string of the molecule is CCN(Cc1ccc(OC)c(OC)c1)C(=O)CCc1nc(-c2ccsc2)no1. The molecule has 0 fully saturated rings. The largest absolute Gasteiger partial charge is 0.493 e. The molecule has 1 aromatic carbocycles. The Kier molecular flexibility index (Phi) is 6.65. The van der Waals surface area contributed by atoms with E-state index in [2.05, 4.69) is 10.1 Å². The van der Waals surface area contributed by atoms with Gasteiger partial charge in [-0.25, -0.2) is 0 Å². The van der Waals surface area contributed by atoms with E-state index in [0.29, 0.717) is 49.1 Å². The minimum atomic E-state index is 0.0348. The smallest absolute Gasteiger partial charge is 0.227 e. The second-order valence-electron chi connectivity index (χ2n) is 6.12. The lowest BCUT2D eigenvalue weighted by Gasteiger charge is -2.21. The first-order chi connectivity index (χ1) is 13.6. The van der Waals surface area contributed by atoms with E-state index in [4.69, 9.17) is 14.0 Å². The number of carbonyl (C=O) groups excluding carboxylic acids is 1. The highest BCUT2D eigenvalue weighted by atomic mass is 32.1. The number of nitrogens with zero attached hydrogens (tertiary/aromatic N) is 3. The van der Waals surface area contributed by atoms with Crippen molar-refractivity contribution >= 4 is 17.2 Å². The Morgan fingerprint density at radius 2 is 2.04 bits per heavy atom. The molecule has 28 heavy (non-hydrogen) atoms. The van der Waals surface area contributed by atoms with Crippen molar-refractivity contribution in [3.05, 3.63) is 46.5 Å². The van der Waals surface area contributed by atoms with E-state index in [9.17, 15) is 4.79 Å². The third kappa shape index (κ3) is 4.69. The number of hydrogen-bond donors (Lipinski definition) is 0. The van der Waals surface area contributed by atoms with E-state index in [1.165, 1.54) is 0 Å². The van der Waals surface area contributed by atoms with Crippen molar-refractivity contribution in [1.82, 2.24) is 15.0 Å². The maximum absolute atomic E-state index is 12.6. The van der Waals surface area contributed by atoms with Gasteiger partial charge >= 0.3 is 0 Å². The van der Waals surface area contributed by atoms with Crippen LogP contribution in [0, 0.1) is 0 Å². The minimum absolute atomic E-state index is 0.0348. The molecule has 2 heterocycles. The van der Waals surface area contributed by atoms with Crippen molar-refractivity contribution in [2.45, 2.75) is 26.3 Å². The Hall–Kier alpha value is -2.87. The van der Waals surface area contributed by atoms with Gasteiger partial charge in [0, 0.05) is 36.9 Å². The number of aromatic nitrogens is 2. The van der Waals surface area contributed by atoms with E-state index < -0.39 is 0 Å². The molecule has 7 nitrogen and oxygen atoms in total. The number of aryl methyl sites for hydroxylation is 1. The van der Waals surface area contributed by atoms with Gasteiger partial charge in [-0.15, -0.1) is 0 Å². The molecule has 0 unspecified atom stereocenters. The summed E-state index contributed by atoms with van der Waals surface area (Å²) in [6, 6.07) is 7.60. The van der Waals surface area contributed by atoms with Crippen LogP contribution in [0.5, 0.6) is 11.5 Å². The summed E-state index contributed by atoms with van der Waals surface area (Å²) in [5, 5.41) is 7.90. The van der Waals surface area contributed by atoms with Crippen LogP contribution < -0.4 is 9.47 Å². The number of hydrogen-bond acceptors (Lipinski definition) is 7. The first-order valence-corrected chi connectivity index (χ1v) is 9.92. The number of amides is 1. The summed E-state index contributed by atoms with van der Waals surface area (Å²) in [5.74, 6) is 2.37. The second-order valence-corrected chi connectivity index (χ2v) is 6.90. The molecule has 0 N–H and O–H groups in total. The summed E-state index contributed by atoms with van der Waals surface area (Å²) in [6.07, 6.45) is 0.727. The second kappa shape index (κ2) is 9.36. The van der Waals surface area contributed by atoms with Gasteiger partial charge in [0.25, 0.3) is 0 Å². The van der Waals surface area contributed by atoms with Crippen molar-refractivity contribution in [1.29, 1.82) is 0 Å². The molecular formula is C20H23N3O4S. The van der Waals surface area contributed by atoms with E-state index in [1.54, 1.807) is 30.5 Å². The van der Waals surface area contributed by atoms with Crippen molar-refractivity contribution in [3.8, 4) is 22.9 Å². The highest BCUT2D eigenvalue weighted by Gasteiger charge is 2.16. The van der Waals surface area contributed by atoms with Crippen molar-refractivity contribution < 1.29 is 18.8 Å². The first kappa shape index (κ1) is 19.9. The number of benzene rings is 1. The first-order valence-electron chi connectivity index (χ1n) is 8.98. The van der Waals surface area contributed by atoms with Gasteiger partial charge < -0.3 is 18.9 Å². The van der Waals surface area contributed by atoms with Crippen LogP contribution in [-0.4, -0.2) is 41.7 Å². The average molecular weight is 401 g/mol. The molecule has 0 spiro atoms. The molecule has 0 radical (unpaired) electrons. The molecule has 148 valence electrons. The zero-order valence-electron chi connectivity index (χ0n) is 16.2. The van der Waals surface area contributed by atoms with Crippen LogP contribution in [0.25, 0.3) is 11.4 Å². The normalized spacial score (nSPS) is 10.7. The standard InChI is InChI=1S/C20H23N3O4S/c1-4-23(12-14-5-6-16(25-2)17(11-14)26-3)19(24)8-7-18-21-20(22-27-18)15-9-10-28-13-15/h5-6,9-11,13H,4,7-8,12H2,1-3H3. The molecule has 0 saturated heterocycles. The predicted molar refractivity (Wildman–Crippen MR) is 107 cm³/mol. The highest BCUT2D eigenvalue weighted by molar-refractivity contribution is 7.08. The number of rotatable bonds is 9. The van der Waals surface area contributed by atoms with Gasteiger partial charge in [0.2, 0.25) is 17.6 Å². The molecule has 0 aliphatic carbocycles. The van der Waals surface area contributed by atoms with Crippen LogP contribution in [0.1, 0.15) is 24.8 Å². The highest BCUT2D eigenvalue weighted by Crippen LogP contribution is 2.28. The monoisotopic (exact) mass is 401 g/mol. The van der Waals surface area contributed by atoms with E-state index in [0.717, 1.165) is 11.1 Å². The van der Waals surface area contributed by atoms with E-state index in [1.807, 2.05) is 41.9 Å². The summed E-state index contributed by atoms with van der Waals surface area (Å²) in [5.41, 5.74) is 1.90. The van der Waals surface area contributed by atoms with Crippen molar-refractivity contribution in [3.63, 3.8) is 0 Å². The van der Waals surface area contributed by atoms with Crippen LogP contribution in [0.4, 0.5) is 0 Å². The number of thiophene rings is 1. The Bertz CT molecular complexity index is 908. The van der Waals surface area contributed by atoms with Crippen LogP contribution in [0.3, 0.4) is 0 Å². The molecule has 3 aromatic rings. The Morgan fingerprint density at radius 1 is 1.21 bits per heavy atom. The fourth-order valence-electron chi connectivity index (χ4n) is 2.81. The van der Waals surface area contributed by atoms with Gasteiger partial charge in [-0.2, -0.15) is 16.3 Å². The third-order valence-corrected chi connectivity index (χ3v) is 5.04. The van der Waals surface area contributed by atoms with Gasteiger partial charge in [0.15, 0.2) is 11.5 Å². The molecular weight excluding hydrogens is 378 g/mol. The molecule has 1 amide bonds. The number of methoxy groups -OCH3 is 2. The van der Waals surface area contributed by atoms with Gasteiger partial charge in [0.05, 0.1) is 14.2 Å². The lowest BCUT2D eigenvalue weighted by atomic mass is 10.1. The summed E-state index contributed by atoms with van der Waals surface area (Å²) < 4.78 is 15.9. The van der Waals surface area contributed by atoms with Gasteiger partial charge in [-0.3, -0.25) is 4.79 Å². The fraction of sp³-hybridized carbons (Fsp3) is 0.350. The molecule has 0 atom stereocenters. The summed E-state index contributed by atoms with van der Waals surface area (Å²) >= 11 is 1.58. The Balaban J connectivity index is 1.59. The topological polar surface area (TPSA) is 77.7 Å². The number of carbonyl (C=O) groups is 1. The average Bonchev–Trinajstić information content (AvgIpc) is 3.41. The zero-order chi connectivity index (χ0) is 19.9. The summed E-state index contributed by atoms with van der Waals surface area (Å²) in [7, 11) is 3.19. The maximum atomic E-state index is 12.6. The van der Waals surface area contributed by atoms with Gasteiger partial charge in [-0.1, -0.05) is 11.2 Å². The van der Waals surface area contributed by atoms with E-state index >= 15 is 0 Å². The zero-order valence-corrected chi connectivity index (χ0v) is 17.0. The van der Waals surface area contributed by atoms with Crippen LogP contribution in [0.15, 0.2) is 39.5 Å². The molecule has 2 aromatic heterocycles. The van der Waals surface area contributed by atoms with E-state index in [-0.39, 0.29) is 5.91 Å². The van der Waals surface area contributed by atoms with Crippen molar-refractivity contribution in [2.24, 2.45) is 0 Å². The quantitative estimate of drug-likeness (QED) is 0.543. The third-order valence-electron chi connectivity index (χ3n) is 4.36. The van der Waals surface area contributed by atoms with Crippen LogP contribution >= 0.6 is 11.3 Å². The van der Waals surface area contributed by atoms with Gasteiger partial charge in [-0.05, 0) is 36.1 Å². The fourth-order valence-corrected chi connectivity index (χ4v) is 3.45.